The summed E-state index contributed by atoms with van der Waals surface area (Å²) in [5.41, 5.74) is 3.66. The van der Waals surface area contributed by atoms with Crippen molar-refractivity contribution in [2.75, 3.05) is 0 Å². The first kappa shape index (κ1) is 16.1. The van der Waals surface area contributed by atoms with E-state index < -0.39 is 15.8 Å². The maximum Gasteiger partial charge on any atom is 0.417 e. The van der Waals surface area contributed by atoms with Crippen molar-refractivity contribution in [3.63, 3.8) is 0 Å². The molecule has 0 amide bonds. The molecule has 25 heavy (non-hydrogen) atoms. The maximum absolute atomic E-state index is 12.5. The fraction of sp³-hybridized carbons (Fsp3) is 0.375. The third-order valence-corrected chi connectivity index (χ3v) is 5.92. The lowest BCUT2D eigenvalue weighted by molar-refractivity contribution is 0.553. The second-order valence-corrected chi connectivity index (χ2v) is 7.95. The minimum Gasteiger partial charge on any atom is -0.408 e. The predicted octanol–water partition coefficient (Wildman–Crippen LogP) is 1.59. The van der Waals surface area contributed by atoms with Crippen LogP contribution in [0.4, 0.5) is 0 Å². The van der Waals surface area contributed by atoms with E-state index in [1.54, 1.807) is 0 Å². The van der Waals surface area contributed by atoms with Crippen LogP contribution in [0.2, 0.25) is 0 Å². The Morgan fingerprint density at radius 1 is 1.20 bits per heavy atom. The number of rotatable bonds is 4. The Labute approximate surface area is 143 Å². The highest BCUT2D eigenvalue weighted by Crippen LogP contribution is 2.22. The van der Waals surface area contributed by atoms with Crippen molar-refractivity contribution in [2.24, 2.45) is 0 Å². The second kappa shape index (κ2) is 6.16. The SMILES string of the molecule is O=c1[nH]c2ccc(S(=O)(=O)NCc3n[nH]c4c3CCCCC4)cc2o1. The van der Waals surface area contributed by atoms with Crippen molar-refractivity contribution in [3.05, 3.63) is 45.7 Å². The molecule has 0 fully saturated rings. The Balaban J connectivity index is 1.57. The molecule has 0 saturated heterocycles. The molecule has 2 heterocycles. The van der Waals surface area contributed by atoms with E-state index in [1.807, 2.05) is 0 Å². The van der Waals surface area contributed by atoms with Crippen molar-refractivity contribution in [1.29, 1.82) is 0 Å². The number of sulfonamides is 1. The van der Waals surface area contributed by atoms with Crippen LogP contribution in [-0.2, 0) is 29.4 Å². The molecule has 0 radical (unpaired) electrons. The highest BCUT2D eigenvalue weighted by molar-refractivity contribution is 7.89. The van der Waals surface area contributed by atoms with Crippen LogP contribution in [0.5, 0.6) is 0 Å². The molecule has 0 spiro atoms. The van der Waals surface area contributed by atoms with Gasteiger partial charge in [0, 0.05) is 11.8 Å². The van der Waals surface area contributed by atoms with Crippen molar-refractivity contribution in [1.82, 2.24) is 19.9 Å². The van der Waals surface area contributed by atoms with Gasteiger partial charge in [0.25, 0.3) is 0 Å². The topological polar surface area (TPSA) is 121 Å². The van der Waals surface area contributed by atoms with E-state index in [4.69, 9.17) is 4.42 Å². The van der Waals surface area contributed by atoms with E-state index in [2.05, 4.69) is 19.9 Å². The first-order valence-corrected chi connectivity index (χ1v) is 9.69. The number of aromatic amines is 2. The van der Waals surface area contributed by atoms with Gasteiger partial charge in [-0.2, -0.15) is 5.10 Å². The standard InChI is InChI=1S/C16H18N4O4S/c21-16-18-13-7-6-10(8-15(13)24-16)25(22,23)17-9-14-11-4-2-1-3-5-12(11)19-20-14/h6-8,17H,1-5,9H2,(H,18,21)(H,19,20). The first-order valence-electron chi connectivity index (χ1n) is 8.20. The molecule has 1 aliphatic carbocycles. The second-order valence-electron chi connectivity index (χ2n) is 6.19. The zero-order valence-corrected chi connectivity index (χ0v) is 14.3. The molecule has 0 aliphatic heterocycles. The molecule has 3 N–H and O–H groups in total. The average Bonchev–Trinajstić information content (AvgIpc) is 3.06. The monoisotopic (exact) mass is 362 g/mol. The van der Waals surface area contributed by atoms with Crippen molar-refractivity contribution in [2.45, 2.75) is 43.5 Å². The molecule has 0 saturated carbocycles. The van der Waals surface area contributed by atoms with Crippen molar-refractivity contribution in [3.8, 4) is 0 Å². The van der Waals surface area contributed by atoms with Gasteiger partial charge in [-0.1, -0.05) is 6.42 Å². The van der Waals surface area contributed by atoms with Gasteiger partial charge in [-0.15, -0.1) is 0 Å². The van der Waals surface area contributed by atoms with Gasteiger partial charge in [0.05, 0.1) is 22.7 Å². The molecule has 1 aromatic carbocycles. The number of nitrogens with zero attached hydrogens (tertiary/aromatic N) is 1. The van der Waals surface area contributed by atoms with E-state index in [0.717, 1.165) is 42.6 Å². The number of aryl methyl sites for hydroxylation is 1. The highest BCUT2D eigenvalue weighted by Gasteiger charge is 2.20. The van der Waals surface area contributed by atoms with Crippen LogP contribution >= 0.6 is 0 Å². The number of H-pyrrole nitrogens is 2. The highest BCUT2D eigenvalue weighted by atomic mass is 32.2. The largest absolute Gasteiger partial charge is 0.417 e. The fourth-order valence-corrected chi connectivity index (χ4v) is 4.21. The minimum absolute atomic E-state index is 0.0457. The van der Waals surface area contributed by atoms with E-state index in [1.165, 1.54) is 24.6 Å². The first-order chi connectivity index (χ1) is 12.0. The van der Waals surface area contributed by atoms with Crippen molar-refractivity contribution < 1.29 is 12.8 Å². The number of hydrogen-bond donors (Lipinski definition) is 3. The summed E-state index contributed by atoms with van der Waals surface area (Å²) in [6, 6.07) is 4.27. The van der Waals surface area contributed by atoms with E-state index >= 15 is 0 Å². The Kier molecular flexibility index (Phi) is 3.97. The van der Waals surface area contributed by atoms with Crippen LogP contribution in [0.3, 0.4) is 0 Å². The minimum atomic E-state index is -3.73. The fourth-order valence-electron chi connectivity index (χ4n) is 3.21. The summed E-state index contributed by atoms with van der Waals surface area (Å²) in [5, 5.41) is 7.30. The molecule has 9 heteroatoms. The molecule has 3 aromatic rings. The molecule has 8 nitrogen and oxygen atoms in total. The van der Waals surface area contributed by atoms with Crippen LogP contribution in [0.25, 0.3) is 11.1 Å². The lowest BCUT2D eigenvalue weighted by atomic mass is 10.1. The molecule has 0 unspecified atom stereocenters. The van der Waals surface area contributed by atoms with Crippen molar-refractivity contribution >= 4 is 21.1 Å². The van der Waals surface area contributed by atoms with Gasteiger partial charge < -0.3 is 4.42 Å². The summed E-state index contributed by atoms with van der Waals surface area (Å²) >= 11 is 0. The van der Waals surface area contributed by atoms with E-state index in [0.29, 0.717) is 5.52 Å². The van der Waals surface area contributed by atoms with Crippen LogP contribution in [-0.4, -0.2) is 23.6 Å². The third kappa shape index (κ3) is 3.12. The van der Waals surface area contributed by atoms with E-state index in [-0.39, 0.29) is 17.0 Å². The number of oxazole rings is 1. The number of aromatic nitrogens is 3. The lowest BCUT2D eigenvalue weighted by Gasteiger charge is -2.07. The summed E-state index contributed by atoms with van der Waals surface area (Å²) in [7, 11) is -3.73. The Hall–Kier alpha value is -2.39. The van der Waals surface area contributed by atoms with Gasteiger partial charge in [-0.05, 0) is 43.4 Å². The predicted molar refractivity (Wildman–Crippen MR) is 90.7 cm³/mol. The van der Waals surface area contributed by atoms with Crippen LogP contribution < -0.4 is 10.5 Å². The molecule has 0 atom stereocenters. The molecule has 1 aliphatic rings. The summed E-state index contributed by atoms with van der Waals surface area (Å²) < 4.78 is 32.6. The Bertz CT molecular complexity index is 1080. The maximum atomic E-state index is 12.5. The van der Waals surface area contributed by atoms with Gasteiger partial charge in [-0.25, -0.2) is 17.9 Å². The molecular formula is C16H18N4O4S. The van der Waals surface area contributed by atoms with Gasteiger partial charge >= 0.3 is 5.76 Å². The zero-order chi connectivity index (χ0) is 17.4. The molecule has 4 rings (SSSR count). The van der Waals surface area contributed by atoms with Crippen LogP contribution in [0.1, 0.15) is 36.2 Å². The average molecular weight is 362 g/mol. The van der Waals surface area contributed by atoms with Gasteiger partial charge in [0.15, 0.2) is 5.58 Å². The van der Waals surface area contributed by atoms with Crippen LogP contribution in [0.15, 0.2) is 32.3 Å². The molecule has 2 aromatic heterocycles. The number of fused-ring (bicyclic) bond motifs is 2. The smallest absolute Gasteiger partial charge is 0.408 e. The molecule has 0 bridgehead atoms. The van der Waals surface area contributed by atoms with Gasteiger partial charge in [0.1, 0.15) is 0 Å². The quantitative estimate of drug-likeness (QED) is 0.609. The normalized spacial score (nSPS) is 15.2. The zero-order valence-electron chi connectivity index (χ0n) is 13.5. The van der Waals surface area contributed by atoms with Gasteiger partial charge in [0.2, 0.25) is 10.0 Å². The Morgan fingerprint density at radius 2 is 2.04 bits per heavy atom. The van der Waals surface area contributed by atoms with Crippen LogP contribution in [0, 0.1) is 0 Å². The summed E-state index contributed by atoms with van der Waals surface area (Å²) in [4.78, 5) is 13.7. The summed E-state index contributed by atoms with van der Waals surface area (Å²) in [6.07, 6.45) is 5.27. The number of benzene rings is 1. The molecular weight excluding hydrogens is 344 g/mol. The summed E-state index contributed by atoms with van der Waals surface area (Å²) in [6.45, 7) is 0.128. The van der Waals surface area contributed by atoms with Gasteiger partial charge in [-0.3, -0.25) is 10.1 Å². The number of hydrogen-bond acceptors (Lipinski definition) is 5. The third-order valence-electron chi connectivity index (χ3n) is 4.52. The number of nitrogens with one attached hydrogen (secondary N) is 3. The summed E-state index contributed by atoms with van der Waals surface area (Å²) in [5.74, 6) is -0.614. The Morgan fingerprint density at radius 3 is 2.92 bits per heavy atom. The van der Waals surface area contributed by atoms with E-state index in [9.17, 15) is 13.2 Å². The molecule has 132 valence electrons. The lowest BCUT2D eigenvalue weighted by Crippen LogP contribution is -2.24.